The second-order valence-corrected chi connectivity index (χ2v) is 4.19. The van der Waals surface area contributed by atoms with Crippen LogP contribution in [-0.2, 0) is 4.79 Å². The third-order valence-electron chi connectivity index (χ3n) is 2.66. The van der Waals surface area contributed by atoms with Gasteiger partial charge in [0.1, 0.15) is 18.1 Å². The summed E-state index contributed by atoms with van der Waals surface area (Å²) in [5, 5.41) is 18.5. The average Bonchev–Trinajstić information content (AvgIpc) is 2.46. The standard InChI is InChI=1S/C12H17N5O4/c1-4-14-10-9(5-8(6-15-10)17(20)21)12(19)16-7(2)11(18)13-3/h5-7H,4H2,1-3H3,(H,13,18)(H,14,15)(H,16,19). The van der Waals surface area contributed by atoms with Gasteiger partial charge in [0.15, 0.2) is 0 Å². The maximum Gasteiger partial charge on any atom is 0.288 e. The molecule has 0 aliphatic rings. The Kier molecular flexibility index (Phi) is 5.58. The van der Waals surface area contributed by atoms with E-state index in [9.17, 15) is 19.7 Å². The molecular weight excluding hydrogens is 278 g/mol. The molecule has 0 aromatic carbocycles. The largest absolute Gasteiger partial charge is 0.370 e. The fraction of sp³-hybridized carbons (Fsp3) is 0.417. The number of hydrogen-bond donors (Lipinski definition) is 3. The van der Waals surface area contributed by atoms with E-state index in [2.05, 4.69) is 20.9 Å². The maximum atomic E-state index is 12.2. The van der Waals surface area contributed by atoms with Gasteiger partial charge in [-0.05, 0) is 13.8 Å². The highest BCUT2D eigenvalue weighted by molar-refractivity contribution is 6.01. The molecule has 1 atom stereocenters. The number of nitro groups is 1. The maximum absolute atomic E-state index is 12.2. The molecule has 3 N–H and O–H groups in total. The first-order chi connectivity index (χ1) is 9.90. The molecule has 0 bridgehead atoms. The lowest BCUT2D eigenvalue weighted by Crippen LogP contribution is -2.43. The first-order valence-corrected chi connectivity index (χ1v) is 6.31. The van der Waals surface area contributed by atoms with Gasteiger partial charge in [-0.1, -0.05) is 0 Å². The molecule has 0 fully saturated rings. The molecule has 1 aromatic heterocycles. The van der Waals surface area contributed by atoms with Crippen LogP contribution in [0.25, 0.3) is 0 Å². The Hall–Kier alpha value is -2.71. The van der Waals surface area contributed by atoms with E-state index in [4.69, 9.17) is 0 Å². The summed E-state index contributed by atoms with van der Waals surface area (Å²) in [6.45, 7) is 3.81. The van der Waals surface area contributed by atoms with Gasteiger partial charge in [0, 0.05) is 19.7 Å². The van der Waals surface area contributed by atoms with E-state index in [-0.39, 0.29) is 23.0 Å². The average molecular weight is 295 g/mol. The molecule has 0 aliphatic heterocycles. The Morgan fingerprint density at radius 3 is 2.67 bits per heavy atom. The molecule has 0 saturated heterocycles. The minimum Gasteiger partial charge on any atom is -0.370 e. The quantitative estimate of drug-likeness (QED) is 0.511. The van der Waals surface area contributed by atoms with Gasteiger partial charge in [0.05, 0.1) is 10.5 Å². The van der Waals surface area contributed by atoms with Crippen LogP contribution >= 0.6 is 0 Å². The van der Waals surface area contributed by atoms with Crippen LogP contribution in [0.1, 0.15) is 24.2 Å². The zero-order valence-electron chi connectivity index (χ0n) is 12.0. The summed E-state index contributed by atoms with van der Waals surface area (Å²) in [6.07, 6.45) is 1.07. The monoisotopic (exact) mass is 295 g/mol. The smallest absolute Gasteiger partial charge is 0.288 e. The van der Waals surface area contributed by atoms with E-state index in [0.717, 1.165) is 12.3 Å². The van der Waals surface area contributed by atoms with Crippen molar-refractivity contribution in [1.29, 1.82) is 0 Å². The number of anilines is 1. The van der Waals surface area contributed by atoms with Crippen LogP contribution in [0.4, 0.5) is 11.5 Å². The van der Waals surface area contributed by atoms with Crippen molar-refractivity contribution in [3.63, 3.8) is 0 Å². The molecule has 2 amide bonds. The Labute approximate surface area is 121 Å². The lowest BCUT2D eigenvalue weighted by atomic mass is 10.2. The Balaban J connectivity index is 3.07. The molecule has 0 aliphatic carbocycles. The number of nitrogens with zero attached hydrogens (tertiary/aromatic N) is 2. The van der Waals surface area contributed by atoms with Crippen LogP contribution in [0.5, 0.6) is 0 Å². The van der Waals surface area contributed by atoms with E-state index in [1.807, 2.05) is 0 Å². The summed E-state index contributed by atoms with van der Waals surface area (Å²) < 4.78 is 0. The van der Waals surface area contributed by atoms with Gasteiger partial charge in [0.2, 0.25) is 5.91 Å². The number of amides is 2. The minimum absolute atomic E-state index is 0.0156. The SMILES string of the molecule is CCNc1ncc([N+](=O)[O-])cc1C(=O)NC(C)C(=O)NC. The van der Waals surface area contributed by atoms with Crippen molar-refractivity contribution < 1.29 is 14.5 Å². The first kappa shape index (κ1) is 16.3. The highest BCUT2D eigenvalue weighted by Gasteiger charge is 2.21. The van der Waals surface area contributed by atoms with E-state index < -0.39 is 16.9 Å². The predicted octanol–water partition coefficient (Wildman–Crippen LogP) is 0.286. The van der Waals surface area contributed by atoms with Crippen molar-refractivity contribution in [2.24, 2.45) is 0 Å². The van der Waals surface area contributed by atoms with E-state index >= 15 is 0 Å². The third kappa shape index (κ3) is 4.13. The van der Waals surface area contributed by atoms with Crippen molar-refractivity contribution >= 4 is 23.3 Å². The Bertz CT molecular complexity index is 561. The second-order valence-electron chi connectivity index (χ2n) is 4.19. The zero-order valence-corrected chi connectivity index (χ0v) is 12.0. The number of hydrogen-bond acceptors (Lipinski definition) is 6. The lowest BCUT2D eigenvalue weighted by molar-refractivity contribution is -0.385. The van der Waals surface area contributed by atoms with Crippen LogP contribution in [0.2, 0.25) is 0 Å². The molecule has 0 spiro atoms. The summed E-state index contributed by atoms with van der Waals surface area (Å²) in [6, 6.07) is 0.355. The van der Waals surface area contributed by atoms with Crippen molar-refractivity contribution in [3.05, 3.63) is 27.9 Å². The number of pyridine rings is 1. The number of nitrogens with one attached hydrogen (secondary N) is 3. The summed E-state index contributed by atoms with van der Waals surface area (Å²) in [7, 11) is 1.45. The molecule has 1 aromatic rings. The third-order valence-corrected chi connectivity index (χ3v) is 2.66. The summed E-state index contributed by atoms with van der Waals surface area (Å²) >= 11 is 0. The van der Waals surface area contributed by atoms with Gasteiger partial charge < -0.3 is 16.0 Å². The van der Waals surface area contributed by atoms with Crippen molar-refractivity contribution in [3.8, 4) is 0 Å². The van der Waals surface area contributed by atoms with Crippen LogP contribution in [-0.4, -0.2) is 41.4 Å². The van der Waals surface area contributed by atoms with Crippen molar-refractivity contribution in [1.82, 2.24) is 15.6 Å². The summed E-state index contributed by atoms with van der Waals surface area (Å²) in [4.78, 5) is 37.6. The van der Waals surface area contributed by atoms with Crippen molar-refractivity contribution in [2.45, 2.75) is 19.9 Å². The molecule has 0 saturated carbocycles. The molecule has 1 heterocycles. The van der Waals surface area contributed by atoms with Crippen LogP contribution in [0.15, 0.2) is 12.3 Å². The summed E-state index contributed by atoms with van der Waals surface area (Å²) in [5.74, 6) is -0.755. The predicted molar refractivity (Wildman–Crippen MR) is 76.1 cm³/mol. The molecule has 114 valence electrons. The number of likely N-dealkylation sites (N-methyl/N-ethyl adjacent to an activating group) is 1. The number of aromatic nitrogens is 1. The highest BCUT2D eigenvalue weighted by atomic mass is 16.6. The second kappa shape index (κ2) is 7.17. The molecule has 9 heteroatoms. The van der Waals surface area contributed by atoms with E-state index in [1.165, 1.54) is 14.0 Å². The number of carbonyl (C=O) groups excluding carboxylic acids is 2. The molecular formula is C12H17N5O4. The Morgan fingerprint density at radius 1 is 1.48 bits per heavy atom. The van der Waals surface area contributed by atoms with E-state index in [0.29, 0.717) is 6.54 Å². The van der Waals surface area contributed by atoms with Crippen LogP contribution in [0.3, 0.4) is 0 Å². The number of carbonyl (C=O) groups is 2. The number of rotatable bonds is 6. The lowest BCUT2D eigenvalue weighted by Gasteiger charge is -2.14. The van der Waals surface area contributed by atoms with Crippen LogP contribution in [0, 0.1) is 10.1 Å². The van der Waals surface area contributed by atoms with Gasteiger partial charge in [-0.15, -0.1) is 0 Å². The van der Waals surface area contributed by atoms with Gasteiger partial charge in [0.25, 0.3) is 11.6 Å². The molecule has 0 radical (unpaired) electrons. The molecule has 9 nitrogen and oxygen atoms in total. The Morgan fingerprint density at radius 2 is 2.14 bits per heavy atom. The first-order valence-electron chi connectivity index (χ1n) is 6.31. The van der Waals surface area contributed by atoms with Crippen LogP contribution < -0.4 is 16.0 Å². The molecule has 1 rings (SSSR count). The fourth-order valence-corrected chi connectivity index (χ4v) is 1.59. The normalized spacial score (nSPS) is 11.4. The zero-order chi connectivity index (χ0) is 16.0. The van der Waals surface area contributed by atoms with Crippen molar-refractivity contribution in [2.75, 3.05) is 18.9 Å². The fourth-order valence-electron chi connectivity index (χ4n) is 1.59. The van der Waals surface area contributed by atoms with Gasteiger partial charge in [-0.3, -0.25) is 19.7 Å². The summed E-state index contributed by atoms with van der Waals surface area (Å²) in [5.41, 5.74) is -0.281. The highest BCUT2D eigenvalue weighted by Crippen LogP contribution is 2.19. The van der Waals surface area contributed by atoms with Gasteiger partial charge in [-0.25, -0.2) is 4.98 Å². The van der Waals surface area contributed by atoms with E-state index in [1.54, 1.807) is 6.92 Å². The van der Waals surface area contributed by atoms with Gasteiger partial charge >= 0.3 is 0 Å². The molecule has 21 heavy (non-hydrogen) atoms. The molecule has 1 unspecified atom stereocenters. The topological polar surface area (TPSA) is 126 Å². The minimum atomic E-state index is -0.767. The van der Waals surface area contributed by atoms with Gasteiger partial charge in [-0.2, -0.15) is 0 Å².